The number of carbonyl (C=O) groups is 4. The van der Waals surface area contributed by atoms with Crippen LogP contribution in [0.5, 0.6) is 0 Å². The highest BCUT2D eigenvalue weighted by atomic mass is 31.2. The molecular weight excluding hydrogens is 1280 g/mol. The molecule has 0 spiro atoms. The van der Waals surface area contributed by atoms with Crippen molar-refractivity contribution in [3.63, 3.8) is 0 Å². The average Bonchev–Trinajstić information content (AvgIpc) is 0.725. The van der Waals surface area contributed by atoms with Crippen molar-refractivity contribution in [1.82, 2.24) is 10.6 Å². The third kappa shape index (κ3) is 36.4. The minimum absolute atomic E-state index is 0.131. The van der Waals surface area contributed by atoms with Crippen molar-refractivity contribution in [2.24, 2.45) is 0 Å². The Morgan fingerprint density at radius 1 is 0.515 bits per heavy atom. The van der Waals surface area contributed by atoms with Gasteiger partial charge < -0.3 is 99.9 Å². The van der Waals surface area contributed by atoms with Gasteiger partial charge in [0.25, 0.3) is 5.79 Å². The van der Waals surface area contributed by atoms with Crippen LogP contribution in [0.1, 0.15) is 297 Å². The van der Waals surface area contributed by atoms with Crippen LogP contribution < -0.4 is 10.6 Å². The van der Waals surface area contributed by atoms with Gasteiger partial charge >= 0.3 is 19.8 Å². The summed E-state index contributed by atoms with van der Waals surface area (Å²) in [6.45, 7) is 3.62. The number of carboxylic acid groups (broad SMARTS) is 1. The molecule has 0 aliphatic carbocycles. The van der Waals surface area contributed by atoms with Gasteiger partial charge in [-0.1, -0.05) is 245 Å². The van der Waals surface area contributed by atoms with Crippen molar-refractivity contribution in [3.05, 3.63) is 0 Å². The molecule has 97 heavy (non-hydrogen) atoms. The number of aliphatic hydroxyl groups is 9. The number of hydrogen-bond acceptors (Lipinski definition) is 21. The van der Waals surface area contributed by atoms with Gasteiger partial charge in [0.1, 0.15) is 73.1 Å². The van der Waals surface area contributed by atoms with Crippen molar-refractivity contribution in [2.75, 3.05) is 19.8 Å². The largest absolute Gasteiger partial charge is 0.477 e. The summed E-state index contributed by atoms with van der Waals surface area (Å²) in [6.07, 6.45) is 14.1. The van der Waals surface area contributed by atoms with Crippen molar-refractivity contribution < 1.29 is 118 Å². The number of rotatable bonds is 58. The number of amides is 2. The zero-order valence-corrected chi connectivity index (χ0v) is 59.9. The molecule has 570 valence electrons. The average molecular weight is 1420 g/mol. The van der Waals surface area contributed by atoms with Gasteiger partial charge in [0, 0.05) is 12.8 Å². The Labute approximate surface area is 578 Å². The second-order valence-electron chi connectivity index (χ2n) is 27.6. The molecule has 3 saturated heterocycles. The Bertz CT molecular complexity index is 2120. The SMILES string of the molecule is CCCCCCCCCCCCCCCCCC(=O)O[C@H](CCCCCCCCCCCCCCC)CC(=O)N[C@H]1[C@H](OC[C@H]2O[C@H](OP(=O)(O)O)[C@H](NC(=O)C[C@H](O)CCCCCCCCCCC)[C@@H](O)[C@@H]2O)O[C@H](CO[C@]2(C(=O)O)C[C@@H](O)[C@@H](O)[C@@H]([C@H](O)CO)O2)[C@@H](O)[C@@H]1O. The summed E-state index contributed by atoms with van der Waals surface area (Å²) in [5.41, 5.74) is 0. The molecule has 14 N–H and O–H groups in total. The summed E-state index contributed by atoms with van der Waals surface area (Å²) < 4.78 is 52.2. The van der Waals surface area contributed by atoms with Crippen molar-refractivity contribution in [2.45, 2.75) is 401 Å². The molecule has 26 nitrogen and oxygen atoms in total. The number of nitrogens with one attached hydrogen (secondary N) is 2. The number of aliphatic carboxylic acids is 1. The highest BCUT2D eigenvalue weighted by Crippen LogP contribution is 2.41. The number of phosphoric ester groups is 1. The minimum atomic E-state index is -5.50. The van der Waals surface area contributed by atoms with Crippen LogP contribution in [0.2, 0.25) is 0 Å². The summed E-state index contributed by atoms with van der Waals surface area (Å²) in [4.78, 5) is 73.8. The van der Waals surface area contributed by atoms with Gasteiger partial charge in [-0.15, -0.1) is 0 Å². The van der Waals surface area contributed by atoms with E-state index >= 15 is 0 Å². The Balaban J connectivity index is 1.80. The highest BCUT2D eigenvalue weighted by Gasteiger charge is 2.56. The molecule has 0 aromatic carbocycles. The molecule has 0 saturated carbocycles. The molecule has 0 unspecified atom stereocenters. The van der Waals surface area contributed by atoms with E-state index < -0.39 is 174 Å². The van der Waals surface area contributed by atoms with E-state index in [-0.39, 0.29) is 12.8 Å². The molecule has 0 bridgehead atoms. The smallest absolute Gasteiger partial charge is 0.472 e. The lowest BCUT2D eigenvalue weighted by Gasteiger charge is -2.46. The summed E-state index contributed by atoms with van der Waals surface area (Å²) in [7, 11) is -5.50. The van der Waals surface area contributed by atoms with Gasteiger partial charge in [0.15, 0.2) is 12.6 Å². The highest BCUT2D eigenvalue weighted by molar-refractivity contribution is 7.46. The number of esters is 1. The fraction of sp³-hybridized carbons (Fsp3) is 0.943. The molecule has 0 aromatic heterocycles. The lowest BCUT2D eigenvalue weighted by molar-refractivity contribution is -0.341. The summed E-state index contributed by atoms with van der Waals surface area (Å²) in [5, 5.41) is 114. The Hall–Kier alpha value is -2.57. The predicted octanol–water partition coefficient (Wildman–Crippen LogP) is 8.35. The van der Waals surface area contributed by atoms with E-state index in [0.717, 1.165) is 96.3 Å². The molecule has 3 fully saturated rings. The number of phosphoric acid groups is 1. The van der Waals surface area contributed by atoms with Crippen LogP contribution >= 0.6 is 7.82 Å². The minimum Gasteiger partial charge on any atom is -0.477 e. The van der Waals surface area contributed by atoms with Crippen LogP contribution in [-0.2, 0) is 56.7 Å². The number of carboxylic acids is 1. The zero-order chi connectivity index (χ0) is 71.4. The monoisotopic (exact) mass is 1410 g/mol. The lowest BCUT2D eigenvalue weighted by atomic mass is 9.92. The van der Waals surface area contributed by atoms with Gasteiger partial charge in [0.2, 0.25) is 11.8 Å². The van der Waals surface area contributed by atoms with Gasteiger partial charge in [-0.05, 0) is 25.7 Å². The van der Waals surface area contributed by atoms with Crippen molar-refractivity contribution in [3.8, 4) is 0 Å². The van der Waals surface area contributed by atoms with E-state index in [1.54, 1.807) is 0 Å². The summed E-state index contributed by atoms with van der Waals surface area (Å²) in [5.74, 6) is -6.92. The summed E-state index contributed by atoms with van der Waals surface area (Å²) >= 11 is 0. The first-order chi connectivity index (χ1) is 46.5. The van der Waals surface area contributed by atoms with Gasteiger partial charge in [-0.3, -0.25) is 18.9 Å². The van der Waals surface area contributed by atoms with Gasteiger partial charge in [-0.2, -0.15) is 0 Å². The Morgan fingerprint density at radius 3 is 1.34 bits per heavy atom. The van der Waals surface area contributed by atoms with Gasteiger partial charge in [-0.25, -0.2) is 9.36 Å². The molecule has 27 heteroatoms. The molecule has 17 atom stereocenters. The fourth-order valence-corrected chi connectivity index (χ4v) is 13.5. The Morgan fingerprint density at radius 2 is 0.907 bits per heavy atom. The van der Waals surface area contributed by atoms with Gasteiger partial charge in [0.05, 0.1) is 44.9 Å². The maximum Gasteiger partial charge on any atom is 0.472 e. The molecule has 3 aliphatic rings. The Kier molecular flexibility index (Phi) is 47.1. The predicted molar refractivity (Wildman–Crippen MR) is 362 cm³/mol. The third-order valence-electron chi connectivity index (χ3n) is 19.0. The maximum atomic E-state index is 14.3. The topological polar surface area (TPSA) is 417 Å². The first-order valence-corrected chi connectivity index (χ1v) is 39.1. The van der Waals surface area contributed by atoms with Crippen LogP contribution in [0.3, 0.4) is 0 Å². The second-order valence-corrected chi connectivity index (χ2v) is 28.8. The van der Waals surface area contributed by atoms with Crippen LogP contribution in [0.15, 0.2) is 0 Å². The number of unbranched alkanes of at least 4 members (excludes halogenated alkanes) is 34. The van der Waals surface area contributed by atoms with E-state index in [4.69, 9.17) is 32.9 Å². The second kappa shape index (κ2) is 51.6. The number of ether oxygens (including phenoxy) is 6. The van der Waals surface area contributed by atoms with E-state index in [9.17, 15) is 84.6 Å². The fourth-order valence-electron chi connectivity index (χ4n) is 13.1. The van der Waals surface area contributed by atoms with Crippen molar-refractivity contribution in [1.29, 1.82) is 0 Å². The molecule has 3 rings (SSSR count). The van der Waals surface area contributed by atoms with E-state index in [1.165, 1.54) is 122 Å². The van der Waals surface area contributed by atoms with Crippen LogP contribution in [0, 0.1) is 0 Å². The third-order valence-corrected chi connectivity index (χ3v) is 19.5. The molecular formula is C70H131N2O24P. The zero-order valence-electron chi connectivity index (χ0n) is 59.0. The molecule has 2 amide bonds. The molecule has 0 radical (unpaired) electrons. The molecule has 3 aliphatic heterocycles. The van der Waals surface area contributed by atoms with Crippen LogP contribution in [0.25, 0.3) is 0 Å². The molecule has 0 aromatic rings. The first kappa shape index (κ1) is 88.6. The number of hydrogen-bond donors (Lipinski definition) is 14. The van der Waals surface area contributed by atoms with Crippen molar-refractivity contribution >= 4 is 31.6 Å². The maximum absolute atomic E-state index is 14.3. The number of carbonyl (C=O) groups excluding carboxylic acids is 3. The first-order valence-electron chi connectivity index (χ1n) is 37.6. The molecule has 3 heterocycles. The van der Waals surface area contributed by atoms with E-state index in [1.807, 2.05) is 0 Å². The quantitative estimate of drug-likeness (QED) is 0.0154. The normalized spacial score (nSPS) is 27.1. The lowest BCUT2D eigenvalue weighted by Crippen LogP contribution is -2.67. The van der Waals surface area contributed by atoms with Crippen LogP contribution in [-0.4, -0.2) is 208 Å². The van der Waals surface area contributed by atoms with E-state index in [2.05, 4.69) is 31.4 Å². The van der Waals surface area contributed by atoms with Crippen LogP contribution in [0.4, 0.5) is 0 Å². The summed E-state index contributed by atoms with van der Waals surface area (Å²) in [6, 6.07) is -3.59. The standard InChI is InChI=1S/C70H131N2O24P/c1-4-7-10-13-16-19-21-23-24-26-28-31-34-37-40-43-58(79)92-51(42-39-36-33-30-27-25-22-20-17-14-11-8-5-2)45-57(78)72-59-64(83)63(82)55(49-91-70(69(85)86)46-52(75)61(80)66(95-70)53(76)47-73)93-67(59)90-48-54-62(81)65(84)60(68(94-54)96-97(87,88)89)71-56(77)44-50(74)41-38-35-32-29-18-15-12-9-6-3/h50-55,59-68,73-76,80-84H,4-49H2,1-3H3,(H,71,77)(H,72,78)(H,85,86)(H2,87,88,89)/t50-,51-,52-,53-,54-,55-,59-,60-,61-,62-,63-,64-,65-,66-,67-,68-,70-/m1/s1. The van der Waals surface area contributed by atoms with E-state index in [0.29, 0.717) is 25.7 Å². The number of aliphatic hydroxyl groups excluding tert-OH is 9.